The van der Waals surface area contributed by atoms with Gasteiger partial charge in [-0.3, -0.25) is 144 Å². The van der Waals surface area contributed by atoms with E-state index in [-0.39, 0.29) is 0 Å². The molecule has 0 spiro atoms. The third-order valence-electron chi connectivity index (χ3n) is 0. The van der Waals surface area contributed by atoms with Gasteiger partial charge >= 0.3 is 0 Å². The number of hydrogen-bond donors (Lipinski definition) is 30. The van der Waals surface area contributed by atoms with E-state index in [9.17, 15) is 0 Å². The molecule has 1 radical (unpaired) electrons. The van der Waals surface area contributed by atoms with Crippen LogP contribution in [0.3, 0.4) is 0 Å². The van der Waals surface area contributed by atoms with Gasteiger partial charge in [0.2, 0.25) is 0 Å². The van der Waals surface area contributed by atoms with E-state index >= 15 is 0 Å². The third-order valence-corrected chi connectivity index (χ3v) is 0. The zero-order chi connectivity index (χ0) is 109. The maximum absolute atomic E-state index is 9.00. The summed E-state index contributed by atoms with van der Waals surface area (Å²) in [6, 6.07) is 0. The van der Waals surface area contributed by atoms with Gasteiger partial charge < -0.3 is 153 Å². The van der Waals surface area contributed by atoms with E-state index in [0.717, 1.165) is 208 Å². The number of hydrogen-bond acceptors (Lipinski definition) is 30. The van der Waals surface area contributed by atoms with Crippen LogP contribution >= 0.6 is 0 Å². The molecule has 0 fully saturated rings. The van der Waals surface area contributed by atoms with Crippen molar-refractivity contribution < 1.29 is 297 Å². The molecular weight excluding hydrogens is 1700 g/mol. The number of rotatable bonds is 0. The minimum atomic E-state index is -0.833. The number of carboxylic acid groups (broad SMARTS) is 30. The summed E-state index contributed by atoms with van der Waals surface area (Å²) in [6.07, 6.45) is 0. The van der Waals surface area contributed by atoms with Crippen molar-refractivity contribution in [3.63, 3.8) is 0 Å². The lowest BCUT2D eigenvalue weighted by atomic mass is 10.9. The van der Waals surface area contributed by atoms with E-state index in [2.05, 4.69) is 6.92 Å². The lowest BCUT2D eigenvalue weighted by Crippen LogP contribution is -1.78. The molecule has 60 heteroatoms. The van der Waals surface area contributed by atoms with Crippen LogP contribution in [0.4, 0.5) is 0 Å². The van der Waals surface area contributed by atoms with Crippen LogP contribution in [0, 0.1) is 6.92 Å². The molecule has 122 heavy (non-hydrogen) atoms. The fourth-order valence-electron chi connectivity index (χ4n) is 0. The molecule has 0 atom stereocenters. The average Bonchev–Trinajstić information content (AvgIpc) is 3.32. The summed E-state index contributed by atoms with van der Waals surface area (Å²) >= 11 is 0. The van der Waals surface area contributed by atoms with Crippen molar-refractivity contribution in [3.8, 4) is 0 Å². The number of aliphatic carboxylic acids is 30. The van der Waals surface area contributed by atoms with Crippen LogP contribution in [0.15, 0.2) is 0 Å². The Kier molecular flexibility index (Phi) is 353. The molecular formula is C62H125O60. The Morgan fingerprint density at radius 2 is 0.0820 bits per heavy atom. The van der Waals surface area contributed by atoms with Gasteiger partial charge in [-0.25, -0.2) is 0 Å². The van der Waals surface area contributed by atoms with Gasteiger partial charge in [0, 0.05) is 208 Å². The number of carboxylic acids is 30. The van der Waals surface area contributed by atoms with Crippen LogP contribution in [0.2, 0.25) is 0 Å². The first-order chi connectivity index (χ1) is 53.0. The summed E-state index contributed by atoms with van der Waals surface area (Å²) < 4.78 is 0. The Hall–Kier alpha value is -15.9. The molecule has 0 aromatic rings. The van der Waals surface area contributed by atoms with Crippen LogP contribution in [-0.2, 0) is 144 Å². The Morgan fingerprint density at radius 3 is 0.0820 bits per heavy atom. The van der Waals surface area contributed by atoms with Gasteiger partial charge in [-0.1, -0.05) is 13.8 Å². The maximum atomic E-state index is 9.00. The predicted octanol–water partition coefficient (Wildman–Crippen LogP) is 3.57. The summed E-state index contributed by atoms with van der Waals surface area (Å²) in [4.78, 5) is 270. The van der Waals surface area contributed by atoms with E-state index in [1.54, 1.807) is 6.92 Å². The van der Waals surface area contributed by atoms with Crippen molar-refractivity contribution in [2.45, 2.75) is 215 Å². The Balaban J connectivity index is -0.0000000242. The second kappa shape index (κ2) is 207. The van der Waals surface area contributed by atoms with Gasteiger partial charge in [0.05, 0.1) is 0 Å². The van der Waals surface area contributed by atoms with Gasteiger partial charge in [0.25, 0.3) is 179 Å². The average molecular weight is 1830 g/mol. The lowest BCUT2D eigenvalue weighted by molar-refractivity contribution is -0.135. The van der Waals surface area contributed by atoms with Crippen molar-refractivity contribution >= 4 is 179 Å². The first kappa shape index (κ1) is 208. The second-order valence-corrected chi connectivity index (χ2v) is 15.6. The van der Waals surface area contributed by atoms with Crippen LogP contribution < -0.4 is 0 Å². The summed E-state index contributed by atoms with van der Waals surface area (Å²) in [5, 5.41) is 222. The molecule has 30 N–H and O–H groups in total. The van der Waals surface area contributed by atoms with E-state index in [1.807, 2.05) is 0 Å². The smallest absolute Gasteiger partial charge is 0.300 e. The van der Waals surface area contributed by atoms with Gasteiger partial charge in [0.15, 0.2) is 0 Å². The predicted molar refractivity (Wildman–Crippen MR) is 410 cm³/mol. The highest BCUT2D eigenvalue weighted by molar-refractivity contribution is 5.69. The summed E-state index contributed by atoms with van der Waals surface area (Å²) in [5.41, 5.74) is 0. The highest BCUT2D eigenvalue weighted by Gasteiger charge is 1.75. The fourth-order valence-corrected chi connectivity index (χ4v) is 0. The minimum Gasteiger partial charge on any atom is -0.481 e. The molecule has 0 aromatic carbocycles. The normalized spacial score (nSPS) is 6.20. The zero-order valence-corrected chi connectivity index (χ0v) is 72.4. The summed E-state index contributed by atoms with van der Waals surface area (Å²) in [7, 11) is 0. The third kappa shape index (κ3) is 4380. The highest BCUT2D eigenvalue weighted by atomic mass is 16.4. The Bertz CT molecular complexity index is 1700. The second-order valence-electron chi connectivity index (χ2n) is 15.6. The van der Waals surface area contributed by atoms with Crippen molar-refractivity contribution in [1.82, 2.24) is 0 Å². The van der Waals surface area contributed by atoms with Crippen LogP contribution in [0.25, 0.3) is 0 Å². The van der Waals surface area contributed by atoms with Crippen molar-refractivity contribution in [2.24, 2.45) is 0 Å². The largest absolute Gasteiger partial charge is 0.481 e. The number of carbonyl (C=O) groups is 30. The van der Waals surface area contributed by atoms with E-state index in [1.165, 1.54) is 0 Å². The van der Waals surface area contributed by atoms with Gasteiger partial charge in [-0.05, 0) is 0 Å². The molecule has 0 aliphatic carbocycles. The van der Waals surface area contributed by atoms with Gasteiger partial charge in [-0.15, -0.1) is 0 Å². The standard InChI is InChI=1S/30C2H4O2.C2H5/c30*1-2(3)4;1-2/h30*1H3,(H,3,4);1H2,2H3. The van der Waals surface area contributed by atoms with Crippen molar-refractivity contribution in [3.05, 3.63) is 6.92 Å². The van der Waals surface area contributed by atoms with E-state index in [0.29, 0.717) is 0 Å². The Morgan fingerprint density at radius 1 is 0.0820 bits per heavy atom. The molecule has 0 unspecified atom stereocenters. The molecule has 0 saturated carbocycles. The minimum absolute atomic E-state index is 0.833. The van der Waals surface area contributed by atoms with Gasteiger partial charge in [-0.2, -0.15) is 0 Å². The van der Waals surface area contributed by atoms with Crippen LogP contribution in [-0.4, -0.2) is 332 Å². The fraction of sp³-hybridized carbons (Fsp3) is 0.500. The Labute approximate surface area is 696 Å². The van der Waals surface area contributed by atoms with E-state index < -0.39 is 179 Å². The van der Waals surface area contributed by atoms with Crippen molar-refractivity contribution in [1.29, 1.82) is 0 Å². The molecule has 0 bridgehead atoms. The highest BCUT2D eigenvalue weighted by Crippen LogP contribution is 1.52. The summed E-state index contributed by atoms with van der Waals surface area (Å²) in [6.45, 7) is 37.5. The quantitative estimate of drug-likeness (QED) is 0.165. The molecule has 0 saturated heterocycles. The van der Waals surface area contributed by atoms with E-state index in [4.69, 9.17) is 297 Å². The zero-order valence-electron chi connectivity index (χ0n) is 72.4. The topological polar surface area (TPSA) is 1120 Å². The maximum Gasteiger partial charge on any atom is 0.300 e. The summed E-state index contributed by atoms with van der Waals surface area (Å²) in [5.74, 6) is -25.0. The molecule has 733 valence electrons. The molecule has 0 heterocycles. The molecule has 60 nitrogen and oxygen atoms in total. The molecule has 0 aromatic heterocycles. The van der Waals surface area contributed by atoms with Gasteiger partial charge in [0.1, 0.15) is 0 Å². The molecule has 0 aliphatic rings. The SMILES string of the molecule is CC(=O)O.CC(=O)O.CC(=O)O.CC(=O)O.CC(=O)O.CC(=O)O.CC(=O)O.CC(=O)O.CC(=O)O.CC(=O)O.CC(=O)O.CC(=O)O.CC(=O)O.CC(=O)O.CC(=O)O.CC(=O)O.CC(=O)O.CC(=O)O.CC(=O)O.CC(=O)O.CC(=O)O.CC(=O)O.CC(=O)O.CC(=O)O.CC(=O)O.CC(=O)O.CC(=O)O.CC(=O)O.CC(=O)O.CC(=O)O.[CH2]C. The first-order valence-corrected chi connectivity index (χ1v) is 28.5. The first-order valence-electron chi connectivity index (χ1n) is 28.5. The molecule has 0 aliphatic heterocycles. The van der Waals surface area contributed by atoms with Crippen molar-refractivity contribution in [2.75, 3.05) is 0 Å². The van der Waals surface area contributed by atoms with Crippen LogP contribution in [0.1, 0.15) is 215 Å². The lowest BCUT2D eigenvalue weighted by Gasteiger charge is -1.59. The monoisotopic (exact) mass is 1830 g/mol. The molecule has 0 amide bonds. The van der Waals surface area contributed by atoms with Crippen LogP contribution in [0.5, 0.6) is 0 Å². The molecule has 0 rings (SSSR count).